The fraction of sp³-hybridized carbons (Fsp3) is 0.400. The summed E-state index contributed by atoms with van der Waals surface area (Å²) in [5.74, 6) is 0. The van der Waals surface area contributed by atoms with E-state index in [1.807, 2.05) is 23.6 Å². The van der Waals surface area contributed by atoms with Gasteiger partial charge in [-0.2, -0.15) is 0 Å². The highest BCUT2D eigenvalue weighted by atomic mass is 32.1. The van der Waals surface area contributed by atoms with Crippen LogP contribution in [0.2, 0.25) is 0 Å². The van der Waals surface area contributed by atoms with Gasteiger partial charge in [-0.05, 0) is 50.5 Å². The average molecular weight is 258 g/mol. The van der Waals surface area contributed by atoms with Gasteiger partial charge in [0.1, 0.15) is 0 Å². The van der Waals surface area contributed by atoms with Crippen LogP contribution in [-0.4, -0.2) is 4.98 Å². The average Bonchev–Trinajstić information content (AvgIpc) is 2.97. The normalized spacial score (nSPS) is 19.8. The monoisotopic (exact) mass is 258 g/mol. The van der Waals surface area contributed by atoms with Gasteiger partial charge in [0, 0.05) is 22.0 Å². The quantitative estimate of drug-likeness (QED) is 0.906. The molecule has 0 spiro atoms. The molecule has 2 atom stereocenters. The van der Waals surface area contributed by atoms with Crippen molar-refractivity contribution in [1.29, 1.82) is 0 Å². The van der Waals surface area contributed by atoms with Gasteiger partial charge in [0.25, 0.3) is 0 Å². The molecule has 94 valence electrons. The minimum atomic E-state index is 0.404. The molecule has 0 saturated heterocycles. The van der Waals surface area contributed by atoms with E-state index in [9.17, 15) is 0 Å². The van der Waals surface area contributed by atoms with Crippen LogP contribution in [0.5, 0.6) is 0 Å². The molecule has 1 N–H and O–H groups in total. The Bertz CT molecular complexity index is 547. The van der Waals surface area contributed by atoms with Crippen LogP contribution in [0.1, 0.15) is 46.4 Å². The number of aryl methyl sites for hydroxylation is 2. The molecule has 2 nitrogen and oxygen atoms in total. The first-order chi connectivity index (χ1) is 8.74. The zero-order valence-corrected chi connectivity index (χ0v) is 11.6. The smallest absolute Gasteiger partial charge is 0.0605 e. The van der Waals surface area contributed by atoms with Crippen LogP contribution in [-0.2, 0) is 6.42 Å². The summed E-state index contributed by atoms with van der Waals surface area (Å²) in [5.41, 5.74) is 2.65. The van der Waals surface area contributed by atoms with Gasteiger partial charge in [0.05, 0.1) is 11.7 Å². The molecule has 2 heterocycles. The van der Waals surface area contributed by atoms with Gasteiger partial charge in [-0.1, -0.05) is 6.07 Å². The summed E-state index contributed by atoms with van der Waals surface area (Å²) in [4.78, 5) is 7.33. The molecule has 2 aromatic heterocycles. The van der Waals surface area contributed by atoms with Crippen molar-refractivity contribution >= 4 is 11.3 Å². The maximum Gasteiger partial charge on any atom is 0.0605 e. The Kier molecular flexibility index (Phi) is 3.18. The summed E-state index contributed by atoms with van der Waals surface area (Å²) in [6.45, 7) is 4.40. The van der Waals surface area contributed by atoms with Gasteiger partial charge < -0.3 is 5.32 Å². The molecule has 0 fully saturated rings. The minimum absolute atomic E-state index is 0.404. The van der Waals surface area contributed by atoms with E-state index in [1.54, 1.807) is 0 Å². The standard InChI is InChI=1S/C15H18N2S/c1-10-5-8-14(18-10)11(2)17-13-7-6-12-4-3-9-16-15(12)13/h3-5,8-9,11,13,17H,6-7H2,1-2H3. The van der Waals surface area contributed by atoms with Crippen molar-refractivity contribution in [3.63, 3.8) is 0 Å². The maximum absolute atomic E-state index is 4.53. The van der Waals surface area contributed by atoms with Gasteiger partial charge in [-0.25, -0.2) is 0 Å². The second kappa shape index (κ2) is 4.82. The summed E-state index contributed by atoms with van der Waals surface area (Å²) >= 11 is 1.88. The molecule has 18 heavy (non-hydrogen) atoms. The van der Waals surface area contributed by atoms with E-state index in [0.717, 1.165) is 6.42 Å². The lowest BCUT2D eigenvalue weighted by molar-refractivity contribution is 0.462. The SMILES string of the molecule is Cc1ccc(C(C)NC2CCc3cccnc32)s1. The Morgan fingerprint density at radius 3 is 3.06 bits per heavy atom. The van der Waals surface area contributed by atoms with Gasteiger partial charge in [0.15, 0.2) is 0 Å². The van der Waals surface area contributed by atoms with Gasteiger partial charge in [0.2, 0.25) is 0 Å². The molecule has 0 aliphatic heterocycles. The van der Waals surface area contributed by atoms with Gasteiger partial charge in [-0.3, -0.25) is 4.98 Å². The number of pyridine rings is 1. The lowest BCUT2D eigenvalue weighted by Gasteiger charge is -2.18. The van der Waals surface area contributed by atoms with Crippen LogP contribution < -0.4 is 5.32 Å². The highest BCUT2D eigenvalue weighted by molar-refractivity contribution is 7.12. The van der Waals surface area contributed by atoms with Crippen LogP contribution in [0.4, 0.5) is 0 Å². The van der Waals surface area contributed by atoms with E-state index in [4.69, 9.17) is 0 Å². The number of nitrogens with one attached hydrogen (secondary N) is 1. The lowest BCUT2D eigenvalue weighted by atomic mass is 10.1. The molecule has 0 radical (unpaired) electrons. The number of hydrogen-bond donors (Lipinski definition) is 1. The molecule has 1 aliphatic carbocycles. The van der Waals surface area contributed by atoms with E-state index >= 15 is 0 Å². The summed E-state index contributed by atoms with van der Waals surface area (Å²) < 4.78 is 0. The molecule has 0 saturated carbocycles. The number of nitrogens with zero attached hydrogens (tertiary/aromatic N) is 1. The second-order valence-electron chi connectivity index (χ2n) is 4.98. The third-order valence-corrected chi connectivity index (χ3v) is 4.78. The highest BCUT2D eigenvalue weighted by Crippen LogP contribution is 2.32. The Hall–Kier alpha value is -1.19. The Balaban J connectivity index is 1.75. The van der Waals surface area contributed by atoms with Crippen molar-refractivity contribution in [2.45, 2.75) is 38.8 Å². The third-order valence-electron chi connectivity index (χ3n) is 3.60. The minimum Gasteiger partial charge on any atom is -0.301 e. The van der Waals surface area contributed by atoms with Crippen LogP contribution >= 0.6 is 11.3 Å². The fourth-order valence-electron chi connectivity index (χ4n) is 2.64. The van der Waals surface area contributed by atoms with E-state index in [0.29, 0.717) is 12.1 Å². The van der Waals surface area contributed by atoms with Gasteiger partial charge >= 0.3 is 0 Å². The summed E-state index contributed by atoms with van der Waals surface area (Å²) in [6.07, 6.45) is 4.22. The maximum atomic E-state index is 4.53. The fourth-order valence-corrected chi connectivity index (χ4v) is 3.53. The van der Waals surface area contributed by atoms with Crippen molar-refractivity contribution in [2.24, 2.45) is 0 Å². The molecule has 3 heteroatoms. The topological polar surface area (TPSA) is 24.9 Å². The summed E-state index contributed by atoms with van der Waals surface area (Å²) in [7, 11) is 0. The van der Waals surface area contributed by atoms with Crippen molar-refractivity contribution in [1.82, 2.24) is 10.3 Å². The molecule has 0 aromatic carbocycles. The van der Waals surface area contributed by atoms with Crippen molar-refractivity contribution in [3.05, 3.63) is 51.5 Å². The van der Waals surface area contributed by atoms with E-state index < -0.39 is 0 Å². The second-order valence-corrected chi connectivity index (χ2v) is 6.30. The van der Waals surface area contributed by atoms with Crippen LogP contribution in [0.3, 0.4) is 0 Å². The van der Waals surface area contributed by atoms with Crippen molar-refractivity contribution < 1.29 is 0 Å². The molecule has 0 bridgehead atoms. The first kappa shape index (κ1) is 11.9. The molecule has 1 aliphatic rings. The van der Waals surface area contributed by atoms with Crippen LogP contribution in [0.15, 0.2) is 30.5 Å². The third kappa shape index (κ3) is 2.20. The zero-order valence-electron chi connectivity index (χ0n) is 10.8. The number of hydrogen-bond acceptors (Lipinski definition) is 3. The number of rotatable bonds is 3. The number of thiophene rings is 1. The molecule has 3 rings (SSSR count). The summed E-state index contributed by atoms with van der Waals surface area (Å²) in [6, 6.07) is 9.47. The highest BCUT2D eigenvalue weighted by Gasteiger charge is 2.25. The van der Waals surface area contributed by atoms with Crippen LogP contribution in [0, 0.1) is 6.92 Å². The molecule has 2 aromatic rings. The van der Waals surface area contributed by atoms with E-state index in [2.05, 4.69) is 42.3 Å². The van der Waals surface area contributed by atoms with Gasteiger partial charge in [-0.15, -0.1) is 11.3 Å². The van der Waals surface area contributed by atoms with Crippen molar-refractivity contribution in [3.8, 4) is 0 Å². The molecular weight excluding hydrogens is 240 g/mol. The summed E-state index contributed by atoms with van der Waals surface area (Å²) in [5, 5.41) is 3.71. The van der Waals surface area contributed by atoms with Crippen molar-refractivity contribution in [2.75, 3.05) is 0 Å². The predicted octanol–water partition coefficient (Wildman–Crippen LogP) is 3.79. The zero-order chi connectivity index (χ0) is 12.5. The lowest BCUT2D eigenvalue weighted by Crippen LogP contribution is -2.22. The molecular formula is C15H18N2S. The Labute approximate surface area is 112 Å². The molecule has 2 unspecified atom stereocenters. The number of aromatic nitrogens is 1. The molecule has 0 amide bonds. The first-order valence-corrected chi connectivity index (χ1v) is 7.32. The number of fused-ring (bicyclic) bond motifs is 1. The van der Waals surface area contributed by atoms with E-state index in [1.165, 1.54) is 27.4 Å². The first-order valence-electron chi connectivity index (χ1n) is 6.50. The van der Waals surface area contributed by atoms with E-state index in [-0.39, 0.29) is 0 Å². The Morgan fingerprint density at radius 2 is 2.28 bits per heavy atom. The Morgan fingerprint density at radius 1 is 1.39 bits per heavy atom. The predicted molar refractivity (Wildman–Crippen MR) is 75.9 cm³/mol. The van der Waals surface area contributed by atoms with Crippen LogP contribution in [0.25, 0.3) is 0 Å². The largest absolute Gasteiger partial charge is 0.301 e.